The van der Waals surface area contributed by atoms with E-state index in [0.29, 0.717) is 11.3 Å². The van der Waals surface area contributed by atoms with Crippen molar-refractivity contribution < 1.29 is 27.1 Å². The van der Waals surface area contributed by atoms with Gasteiger partial charge in [0.2, 0.25) is 0 Å². The summed E-state index contributed by atoms with van der Waals surface area (Å²) in [6.45, 7) is -0.336. The van der Waals surface area contributed by atoms with E-state index in [2.05, 4.69) is 0 Å². The molecule has 0 aromatic heterocycles. The quantitative estimate of drug-likeness (QED) is 0.471. The molecule has 0 saturated carbocycles. The number of hydrogen-bond donors (Lipinski definition) is 0. The number of esters is 1. The van der Waals surface area contributed by atoms with E-state index >= 15 is 0 Å². The van der Waals surface area contributed by atoms with E-state index < -0.39 is 34.3 Å². The predicted octanol–water partition coefficient (Wildman–Crippen LogP) is 3.47. The molecule has 0 aliphatic rings. The van der Waals surface area contributed by atoms with Crippen LogP contribution in [-0.4, -0.2) is 45.9 Å². The summed E-state index contributed by atoms with van der Waals surface area (Å²) < 4.78 is 45.1. The molecule has 0 spiro atoms. The van der Waals surface area contributed by atoms with Gasteiger partial charge >= 0.3 is 5.97 Å². The lowest BCUT2D eigenvalue weighted by Crippen LogP contribution is -2.30. The molecule has 0 bridgehead atoms. The number of nitrogens with zero attached hydrogens (tertiary/aromatic N) is 2. The summed E-state index contributed by atoms with van der Waals surface area (Å²) in [7, 11) is -0.850. The van der Waals surface area contributed by atoms with Gasteiger partial charge < -0.3 is 9.64 Å². The van der Waals surface area contributed by atoms with E-state index in [0.717, 1.165) is 4.31 Å². The highest BCUT2D eigenvalue weighted by Crippen LogP contribution is 2.22. The number of carbonyl (C=O) groups is 2. The average molecular weight is 471 g/mol. The van der Waals surface area contributed by atoms with Crippen LogP contribution in [0.5, 0.6) is 0 Å². The van der Waals surface area contributed by atoms with E-state index in [9.17, 15) is 22.4 Å². The number of carbonyl (C=O) groups excluding carboxylic acids is 2. The standard InChI is InChI=1S/C24H23FN2O5S/c1-26(16-18-7-6-8-20(25)15-18)23(28)17-32-24(29)19-11-13-22(14-12-19)33(30,31)27(2)21-9-4-3-5-10-21/h3-15H,16-17H2,1-2H3. The van der Waals surface area contributed by atoms with E-state index in [4.69, 9.17) is 4.74 Å². The van der Waals surface area contributed by atoms with Crippen LogP contribution in [0.2, 0.25) is 0 Å². The molecule has 1 amide bonds. The van der Waals surface area contributed by atoms with Gasteiger partial charge in [0.25, 0.3) is 15.9 Å². The van der Waals surface area contributed by atoms with Crippen LogP contribution < -0.4 is 4.31 Å². The molecule has 0 fully saturated rings. The van der Waals surface area contributed by atoms with Crippen molar-refractivity contribution in [2.45, 2.75) is 11.4 Å². The highest BCUT2D eigenvalue weighted by atomic mass is 32.2. The van der Waals surface area contributed by atoms with Crippen LogP contribution >= 0.6 is 0 Å². The van der Waals surface area contributed by atoms with Crippen LogP contribution in [0.15, 0.2) is 83.8 Å². The smallest absolute Gasteiger partial charge is 0.338 e. The molecule has 3 aromatic rings. The summed E-state index contributed by atoms with van der Waals surface area (Å²) in [5.74, 6) is -1.63. The number of para-hydroxylation sites is 1. The van der Waals surface area contributed by atoms with Crippen LogP contribution in [0.4, 0.5) is 10.1 Å². The maximum atomic E-state index is 13.3. The number of sulfonamides is 1. The van der Waals surface area contributed by atoms with Crippen LogP contribution in [0.25, 0.3) is 0 Å². The molecule has 0 radical (unpaired) electrons. The molecule has 172 valence electrons. The summed E-state index contributed by atoms with van der Waals surface area (Å²) in [6.07, 6.45) is 0. The molecule has 3 rings (SSSR count). The molecule has 33 heavy (non-hydrogen) atoms. The van der Waals surface area contributed by atoms with Gasteiger partial charge in [-0.1, -0.05) is 30.3 Å². The summed E-state index contributed by atoms with van der Waals surface area (Å²) in [5.41, 5.74) is 1.22. The Hall–Kier alpha value is -3.72. The van der Waals surface area contributed by atoms with Crippen LogP contribution in [-0.2, 0) is 26.1 Å². The lowest BCUT2D eigenvalue weighted by atomic mass is 10.2. The highest BCUT2D eigenvalue weighted by Gasteiger charge is 2.22. The number of ether oxygens (including phenoxy) is 1. The SMILES string of the molecule is CN(Cc1cccc(F)c1)C(=O)COC(=O)c1ccc(S(=O)(=O)N(C)c2ccccc2)cc1. The molecule has 3 aromatic carbocycles. The van der Waals surface area contributed by atoms with Gasteiger partial charge in [0.05, 0.1) is 16.1 Å². The fraction of sp³-hybridized carbons (Fsp3) is 0.167. The molecular weight excluding hydrogens is 447 g/mol. The summed E-state index contributed by atoms with van der Waals surface area (Å²) >= 11 is 0. The zero-order valence-corrected chi connectivity index (χ0v) is 19.0. The Kier molecular flexibility index (Phi) is 7.44. The minimum Gasteiger partial charge on any atom is -0.452 e. The van der Waals surface area contributed by atoms with Gasteiger partial charge in [0, 0.05) is 20.6 Å². The maximum absolute atomic E-state index is 13.3. The van der Waals surface area contributed by atoms with Crippen molar-refractivity contribution in [2.24, 2.45) is 0 Å². The van der Waals surface area contributed by atoms with Gasteiger partial charge in [-0.2, -0.15) is 0 Å². The number of likely N-dealkylation sites (N-methyl/N-ethyl adjacent to an activating group) is 1. The molecule has 7 nitrogen and oxygen atoms in total. The second-order valence-corrected chi connectivity index (χ2v) is 9.26. The van der Waals surface area contributed by atoms with E-state index in [1.54, 1.807) is 42.5 Å². The zero-order chi connectivity index (χ0) is 24.0. The molecular formula is C24H23FN2O5S. The number of amides is 1. The second-order valence-electron chi connectivity index (χ2n) is 7.29. The van der Waals surface area contributed by atoms with Crippen LogP contribution in [0, 0.1) is 5.82 Å². The molecule has 0 unspecified atom stereocenters. The first-order chi connectivity index (χ1) is 15.7. The second kappa shape index (κ2) is 10.3. The Morgan fingerprint density at radius 1 is 0.909 bits per heavy atom. The Labute approximate surface area is 192 Å². The van der Waals surface area contributed by atoms with Gasteiger partial charge in [-0.3, -0.25) is 9.10 Å². The molecule has 0 aliphatic heterocycles. The Morgan fingerprint density at radius 2 is 1.58 bits per heavy atom. The molecule has 9 heteroatoms. The van der Waals surface area contributed by atoms with E-state index in [1.807, 2.05) is 0 Å². The fourth-order valence-electron chi connectivity index (χ4n) is 3.02. The number of hydrogen-bond acceptors (Lipinski definition) is 5. The largest absolute Gasteiger partial charge is 0.452 e. The average Bonchev–Trinajstić information content (AvgIpc) is 2.82. The van der Waals surface area contributed by atoms with Crippen molar-refractivity contribution >= 4 is 27.6 Å². The molecule has 0 aliphatic carbocycles. The van der Waals surface area contributed by atoms with Gasteiger partial charge in [-0.15, -0.1) is 0 Å². The fourth-order valence-corrected chi connectivity index (χ4v) is 4.21. The molecule has 0 heterocycles. The normalized spacial score (nSPS) is 11.0. The monoisotopic (exact) mass is 470 g/mol. The molecule has 0 atom stereocenters. The van der Waals surface area contributed by atoms with Crippen molar-refractivity contribution in [1.82, 2.24) is 4.90 Å². The van der Waals surface area contributed by atoms with Crippen molar-refractivity contribution in [3.8, 4) is 0 Å². The first-order valence-electron chi connectivity index (χ1n) is 9.98. The number of halogens is 1. The van der Waals surface area contributed by atoms with Crippen LogP contribution in [0.1, 0.15) is 15.9 Å². The number of rotatable bonds is 8. The van der Waals surface area contributed by atoms with Gasteiger partial charge in [0.15, 0.2) is 6.61 Å². The minimum atomic E-state index is -3.81. The van der Waals surface area contributed by atoms with Crippen LogP contribution in [0.3, 0.4) is 0 Å². The van der Waals surface area contributed by atoms with Gasteiger partial charge in [0.1, 0.15) is 5.82 Å². The third kappa shape index (κ3) is 5.95. The lowest BCUT2D eigenvalue weighted by molar-refractivity contribution is -0.133. The third-order valence-corrected chi connectivity index (χ3v) is 6.73. The number of anilines is 1. The van der Waals surface area contributed by atoms with Crippen molar-refractivity contribution in [1.29, 1.82) is 0 Å². The van der Waals surface area contributed by atoms with Gasteiger partial charge in [-0.05, 0) is 54.1 Å². The topological polar surface area (TPSA) is 84.0 Å². The maximum Gasteiger partial charge on any atom is 0.338 e. The van der Waals surface area contributed by atoms with Gasteiger partial charge in [-0.25, -0.2) is 17.6 Å². The van der Waals surface area contributed by atoms with Crippen molar-refractivity contribution in [3.63, 3.8) is 0 Å². The Bertz CT molecular complexity index is 1230. The molecule has 0 saturated heterocycles. The Balaban J connectivity index is 1.59. The summed E-state index contributed by atoms with van der Waals surface area (Å²) in [5, 5.41) is 0. The lowest BCUT2D eigenvalue weighted by Gasteiger charge is -2.19. The van der Waals surface area contributed by atoms with E-state index in [1.165, 1.54) is 55.4 Å². The van der Waals surface area contributed by atoms with E-state index in [-0.39, 0.29) is 17.0 Å². The number of benzene rings is 3. The summed E-state index contributed by atoms with van der Waals surface area (Å²) in [6, 6.07) is 19.7. The predicted molar refractivity (Wildman–Crippen MR) is 122 cm³/mol. The summed E-state index contributed by atoms with van der Waals surface area (Å²) in [4.78, 5) is 25.8. The van der Waals surface area contributed by atoms with Crippen molar-refractivity contribution in [2.75, 3.05) is 25.0 Å². The first kappa shape index (κ1) is 23.9. The molecule has 0 N–H and O–H groups in total. The highest BCUT2D eigenvalue weighted by molar-refractivity contribution is 7.92. The third-order valence-electron chi connectivity index (χ3n) is 4.93. The minimum absolute atomic E-state index is 0.0105. The Morgan fingerprint density at radius 3 is 2.21 bits per heavy atom. The zero-order valence-electron chi connectivity index (χ0n) is 18.1. The first-order valence-corrected chi connectivity index (χ1v) is 11.4. The van der Waals surface area contributed by atoms with Crippen molar-refractivity contribution in [3.05, 3.63) is 95.8 Å².